The van der Waals surface area contributed by atoms with E-state index in [1.165, 1.54) is 29.7 Å². The third-order valence-electron chi connectivity index (χ3n) is 5.25. The Hall–Kier alpha value is -2.01. The molecule has 0 unspecified atom stereocenters. The van der Waals surface area contributed by atoms with Crippen LogP contribution in [0, 0.1) is 13.8 Å². The molecule has 128 valence electrons. The van der Waals surface area contributed by atoms with E-state index in [1.807, 2.05) is 17.8 Å². The van der Waals surface area contributed by atoms with Crippen LogP contribution in [0.3, 0.4) is 0 Å². The highest BCUT2D eigenvalue weighted by Crippen LogP contribution is 2.37. The number of aryl methyl sites for hydroxylation is 2. The van der Waals surface area contributed by atoms with E-state index in [1.54, 1.807) is 0 Å². The summed E-state index contributed by atoms with van der Waals surface area (Å²) in [5.74, 6) is 1.74. The molecule has 0 amide bonds. The maximum Gasteiger partial charge on any atom is 0.161 e. The second kappa shape index (κ2) is 6.13. The van der Waals surface area contributed by atoms with Crippen LogP contribution in [0.5, 0.6) is 11.5 Å². The second-order valence-electron chi connectivity index (χ2n) is 6.81. The first-order valence-corrected chi connectivity index (χ1v) is 8.76. The van der Waals surface area contributed by atoms with Gasteiger partial charge in [0.25, 0.3) is 0 Å². The highest BCUT2D eigenvalue weighted by molar-refractivity contribution is 5.44. The first-order valence-electron chi connectivity index (χ1n) is 8.76. The number of fused-ring (bicyclic) bond motifs is 1. The molecule has 0 spiro atoms. The van der Waals surface area contributed by atoms with Crippen molar-refractivity contribution in [2.75, 3.05) is 19.8 Å². The lowest BCUT2D eigenvalue weighted by Gasteiger charge is -2.26. The van der Waals surface area contributed by atoms with Crippen molar-refractivity contribution in [3.63, 3.8) is 0 Å². The maximum atomic E-state index is 5.72. The van der Waals surface area contributed by atoms with Crippen LogP contribution in [0.15, 0.2) is 18.2 Å². The summed E-state index contributed by atoms with van der Waals surface area (Å²) in [7, 11) is 2.03. The number of aromatic nitrogens is 2. The van der Waals surface area contributed by atoms with Gasteiger partial charge in [-0.3, -0.25) is 9.58 Å². The Bertz CT molecular complexity index is 753. The van der Waals surface area contributed by atoms with Gasteiger partial charge in [0.1, 0.15) is 13.2 Å². The smallest absolute Gasteiger partial charge is 0.161 e. The summed E-state index contributed by atoms with van der Waals surface area (Å²) in [6.45, 7) is 7.65. The van der Waals surface area contributed by atoms with E-state index >= 15 is 0 Å². The fourth-order valence-corrected chi connectivity index (χ4v) is 4.04. The Balaban J connectivity index is 1.57. The largest absolute Gasteiger partial charge is 0.486 e. The lowest BCUT2D eigenvalue weighted by Crippen LogP contribution is -2.24. The van der Waals surface area contributed by atoms with Crippen LogP contribution >= 0.6 is 0 Å². The predicted octanol–water partition coefficient (Wildman–Crippen LogP) is 3.15. The molecule has 0 aliphatic carbocycles. The Kier molecular flexibility index (Phi) is 3.96. The monoisotopic (exact) mass is 327 g/mol. The Morgan fingerprint density at radius 3 is 2.71 bits per heavy atom. The van der Waals surface area contributed by atoms with Crippen LogP contribution in [-0.2, 0) is 13.6 Å². The lowest BCUT2D eigenvalue weighted by molar-refractivity contribution is 0.171. The number of benzene rings is 1. The van der Waals surface area contributed by atoms with Crippen LogP contribution in [0.25, 0.3) is 0 Å². The van der Waals surface area contributed by atoms with Crippen LogP contribution in [0.2, 0.25) is 0 Å². The van der Waals surface area contributed by atoms with Gasteiger partial charge in [-0.2, -0.15) is 5.10 Å². The zero-order valence-electron chi connectivity index (χ0n) is 14.7. The molecule has 1 fully saturated rings. The average Bonchev–Trinajstić information content (AvgIpc) is 3.12. The lowest BCUT2D eigenvalue weighted by atomic mass is 10.0. The summed E-state index contributed by atoms with van der Waals surface area (Å²) < 4.78 is 13.4. The normalized spacial score (nSPS) is 20.5. The highest BCUT2D eigenvalue weighted by Gasteiger charge is 2.30. The van der Waals surface area contributed by atoms with E-state index in [2.05, 4.69) is 36.0 Å². The maximum absolute atomic E-state index is 5.72. The van der Waals surface area contributed by atoms with Crippen molar-refractivity contribution < 1.29 is 9.47 Å². The topological polar surface area (TPSA) is 39.5 Å². The summed E-state index contributed by atoms with van der Waals surface area (Å²) in [5, 5.41) is 4.61. The fraction of sp³-hybridized carbons (Fsp3) is 0.526. The standard InChI is InChI=1S/C19H25N3O2/c1-13-19(14(2)21(3)20-13)16-5-4-8-22(16)12-15-6-7-17-18(11-15)24-10-9-23-17/h6-7,11,16H,4-5,8-10,12H2,1-3H3/t16-/m0/s1. The quantitative estimate of drug-likeness (QED) is 0.868. The number of ether oxygens (including phenoxy) is 2. The molecule has 0 bridgehead atoms. The van der Waals surface area contributed by atoms with Crippen molar-refractivity contribution in [2.45, 2.75) is 39.3 Å². The Morgan fingerprint density at radius 2 is 1.96 bits per heavy atom. The van der Waals surface area contributed by atoms with Gasteiger partial charge in [-0.1, -0.05) is 6.07 Å². The molecule has 0 radical (unpaired) electrons. The van der Waals surface area contributed by atoms with Gasteiger partial charge < -0.3 is 9.47 Å². The van der Waals surface area contributed by atoms with Crippen LogP contribution in [0.1, 0.15) is 41.4 Å². The van der Waals surface area contributed by atoms with Gasteiger partial charge in [0.05, 0.1) is 5.69 Å². The third-order valence-corrected chi connectivity index (χ3v) is 5.25. The first-order chi connectivity index (χ1) is 11.6. The SMILES string of the molecule is Cc1nn(C)c(C)c1[C@@H]1CCCN1Cc1ccc2c(c1)OCCO2. The molecule has 0 saturated carbocycles. The van der Waals surface area contributed by atoms with Crippen molar-refractivity contribution in [2.24, 2.45) is 7.05 Å². The van der Waals surface area contributed by atoms with Gasteiger partial charge in [0.15, 0.2) is 11.5 Å². The second-order valence-corrected chi connectivity index (χ2v) is 6.81. The summed E-state index contributed by atoms with van der Waals surface area (Å²) in [6.07, 6.45) is 2.45. The van der Waals surface area contributed by atoms with E-state index in [9.17, 15) is 0 Å². The Labute approximate surface area is 143 Å². The zero-order valence-corrected chi connectivity index (χ0v) is 14.7. The van der Waals surface area contributed by atoms with Gasteiger partial charge in [-0.15, -0.1) is 0 Å². The fourth-order valence-electron chi connectivity index (χ4n) is 4.04. The number of likely N-dealkylation sites (tertiary alicyclic amines) is 1. The number of nitrogens with zero attached hydrogens (tertiary/aromatic N) is 3. The van der Waals surface area contributed by atoms with Crippen molar-refractivity contribution in [1.29, 1.82) is 0 Å². The molecular formula is C19H25N3O2. The van der Waals surface area contributed by atoms with E-state index in [0.29, 0.717) is 19.3 Å². The molecule has 1 atom stereocenters. The molecule has 2 aliphatic rings. The van der Waals surface area contributed by atoms with Gasteiger partial charge in [-0.05, 0) is 50.9 Å². The van der Waals surface area contributed by atoms with Crippen LogP contribution in [0.4, 0.5) is 0 Å². The van der Waals surface area contributed by atoms with E-state index in [4.69, 9.17) is 9.47 Å². The number of rotatable bonds is 3. The van der Waals surface area contributed by atoms with Crippen molar-refractivity contribution in [3.05, 3.63) is 40.7 Å². The third kappa shape index (κ3) is 2.67. The number of hydrogen-bond donors (Lipinski definition) is 0. The van der Waals surface area contributed by atoms with Crippen LogP contribution < -0.4 is 9.47 Å². The minimum Gasteiger partial charge on any atom is -0.486 e. The average molecular weight is 327 g/mol. The number of hydrogen-bond acceptors (Lipinski definition) is 4. The summed E-state index contributed by atoms with van der Waals surface area (Å²) in [5.41, 5.74) is 5.14. The van der Waals surface area contributed by atoms with E-state index in [-0.39, 0.29) is 0 Å². The van der Waals surface area contributed by atoms with Gasteiger partial charge in [-0.25, -0.2) is 0 Å². The molecule has 2 aliphatic heterocycles. The molecule has 1 aromatic carbocycles. The molecule has 1 saturated heterocycles. The van der Waals surface area contributed by atoms with E-state index < -0.39 is 0 Å². The molecule has 4 rings (SSSR count). The molecule has 24 heavy (non-hydrogen) atoms. The molecular weight excluding hydrogens is 302 g/mol. The minimum absolute atomic E-state index is 0.465. The van der Waals surface area contributed by atoms with Crippen molar-refractivity contribution in [3.8, 4) is 11.5 Å². The molecule has 5 heteroatoms. The van der Waals surface area contributed by atoms with Gasteiger partial charge in [0.2, 0.25) is 0 Å². The molecule has 2 aromatic rings. The molecule has 5 nitrogen and oxygen atoms in total. The highest BCUT2D eigenvalue weighted by atomic mass is 16.6. The van der Waals surface area contributed by atoms with E-state index in [0.717, 1.165) is 30.3 Å². The molecule has 1 aromatic heterocycles. The Morgan fingerprint density at radius 1 is 1.17 bits per heavy atom. The molecule has 3 heterocycles. The van der Waals surface area contributed by atoms with Crippen molar-refractivity contribution in [1.82, 2.24) is 14.7 Å². The summed E-state index contributed by atoms with van der Waals surface area (Å²) >= 11 is 0. The first kappa shape index (κ1) is 15.5. The summed E-state index contributed by atoms with van der Waals surface area (Å²) in [6, 6.07) is 6.79. The van der Waals surface area contributed by atoms with Gasteiger partial charge in [0, 0.05) is 30.9 Å². The zero-order chi connectivity index (χ0) is 16.7. The summed E-state index contributed by atoms with van der Waals surface area (Å²) in [4.78, 5) is 2.57. The minimum atomic E-state index is 0.465. The predicted molar refractivity (Wildman–Crippen MR) is 92.5 cm³/mol. The van der Waals surface area contributed by atoms with Gasteiger partial charge >= 0.3 is 0 Å². The van der Waals surface area contributed by atoms with Crippen molar-refractivity contribution >= 4 is 0 Å². The van der Waals surface area contributed by atoms with Crippen LogP contribution in [-0.4, -0.2) is 34.4 Å². The molecule has 0 N–H and O–H groups in total.